The van der Waals surface area contributed by atoms with Crippen molar-refractivity contribution >= 4 is 34.1 Å². The van der Waals surface area contributed by atoms with E-state index in [-0.39, 0.29) is 11.6 Å². The highest BCUT2D eigenvalue weighted by molar-refractivity contribution is 7.80. The third-order valence-electron chi connectivity index (χ3n) is 1.85. The summed E-state index contributed by atoms with van der Waals surface area (Å²) in [5.41, 5.74) is 0. The van der Waals surface area contributed by atoms with Gasteiger partial charge >= 0.3 is 0 Å². The summed E-state index contributed by atoms with van der Waals surface area (Å²) in [4.78, 5) is 0.807. The lowest BCUT2D eigenvalue weighted by Crippen LogP contribution is -1.86. The van der Waals surface area contributed by atoms with E-state index in [2.05, 4.69) is 12.6 Å². The number of benzene rings is 1. The number of ether oxygens (including phenoxy) is 1. The lowest BCUT2D eigenvalue weighted by molar-refractivity contribution is 0.389. The maximum Gasteiger partial charge on any atom is 0.182 e. The Bertz CT molecular complexity index is 450. The highest BCUT2D eigenvalue weighted by Gasteiger charge is 2.10. The molecular formula is C9H7FOS2. The van der Waals surface area contributed by atoms with Crippen molar-refractivity contribution in [3.63, 3.8) is 0 Å². The number of thiol groups is 1. The summed E-state index contributed by atoms with van der Waals surface area (Å²) in [5, 5.41) is 2.66. The number of hydrogen-bond donors (Lipinski definition) is 1. The molecule has 4 heteroatoms. The van der Waals surface area contributed by atoms with E-state index in [1.165, 1.54) is 18.4 Å². The summed E-state index contributed by atoms with van der Waals surface area (Å²) in [6.45, 7) is 0. The van der Waals surface area contributed by atoms with Crippen molar-refractivity contribution in [3.8, 4) is 5.75 Å². The van der Waals surface area contributed by atoms with Crippen molar-refractivity contribution < 1.29 is 9.13 Å². The first kappa shape index (κ1) is 8.84. The van der Waals surface area contributed by atoms with Gasteiger partial charge in [0.25, 0.3) is 0 Å². The topological polar surface area (TPSA) is 9.23 Å². The summed E-state index contributed by atoms with van der Waals surface area (Å²) in [6, 6.07) is 3.43. The van der Waals surface area contributed by atoms with Crippen LogP contribution in [0.25, 0.3) is 10.1 Å². The van der Waals surface area contributed by atoms with Gasteiger partial charge in [-0.1, -0.05) is 0 Å². The summed E-state index contributed by atoms with van der Waals surface area (Å²) < 4.78 is 19.0. The Morgan fingerprint density at radius 1 is 1.46 bits per heavy atom. The standard InChI is InChI=1S/C9H7FOS2/c1-11-6-3-2-5-7(12)4-13-9(5)8(6)10/h2-4,12H,1H3. The van der Waals surface area contributed by atoms with Gasteiger partial charge in [0.2, 0.25) is 0 Å². The molecule has 0 radical (unpaired) electrons. The van der Waals surface area contributed by atoms with Crippen molar-refractivity contribution in [2.24, 2.45) is 0 Å². The van der Waals surface area contributed by atoms with Crippen molar-refractivity contribution in [2.75, 3.05) is 7.11 Å². The maximum absolute atomic E-state index is 13.5. The van der Waals surface area contributed by atoms with Crippen LogP contribution in [0.2, 0.25) is 0 Å². The van der Waals surface area contributed by atoms with E-state index in [0.717, 1.165) is 10.3 Å². The van der Waals surface area contributed by atoms with Crippen molar-refractivity contribution in [1.82, 2.24) is 0 Å². The molecule has 1 aromatic heterocycles. The van der Waals surface area contributed by atoms with Gasteiger partial charge in [0.05, 0.1) is 11.8 Å². The first-order chi connectivity index (χ1) is 6.24. The first-order valence-corrected chi connectivity index (χ1v) is 4.99. The van der Waals surface area contributed by atoms with Gasteiger partial charge in [0, 0.05) is 15.7 Å². The number of hydrogen-bond acceptors (Lipinski definition) is 3. The lowest BCUT2D eigenvalue weighted by Gasteiger charge is -2.01. The number of thiophene rings is 1. The molecule has 0 spiro atoms. The number of rotatable bonds is 1. The molecule has 0 aliphatic heterocycles. The van der Waals surface area contributed by atoms with Gasteiger partial charge in [0.15, 0.2) is 11.6 Å². The molecule has 68 valence electrons. The fourth-order valence-electron chi connectivity index (χ4n) is 1.19. The molecule has 0 aliphatic rings. The Morgan fingerprint density at radius 3 is 2.92 bits per heavy atom. The summed E-state index contributed by atoms with van der Waals surface area (Å²) in [7, 11) is 1.46. The molecule has 2 rings (SSSR count). The van der Waals surface area contributed by atoms with Crippen LogP contribution in [-0.4, -0.2) is 7.11 Å². The highest BCUT2D eigenvalue weighted by Crippen LogP contribution is 2.34. The molecule has 1 aromatic carbocycles. The minimum absolute atomic E-state index is 0.280. The zero-order valence-electron chi connectivity index (χ0n) is 6.87. The molecule has 0 amide bonds. The average Bonchev–Trinajstić information content (AvgIpc) is 2.50. The van der Waals surface area contributed by atoms with Crippen LogP contribution in [0.4, 0.5) is 4.39 Å². The lowest BCUT2D eigenvalue weighted by atomic mass is 10.2. The fourth-order valence-corrected chi connectivity index (χ4v) is 2.48. The Kier molecular flexibility index (Phi) is 2.17. The molecule has 0 atom stereocenters. The molecular weight excluding hydrogens is 207 g/mol. The Labute approximate surface area is 84.6 Å². The third-order valence-corrected chi connectivity index (χ3v) is 3.38. The number of halogens is 1. The average molecular weight is 214 g/mol. The van der Waals surface area contributed by atoms with E-state index in [1.807, 2.05) is 11.4 Å². The largest absolute Gasteiger partial charge is 0.494 e. The van der Waals surface area contributed by atoms with Gasteiger partial charge in [0.1, 0.15) is 0 Å². The maximum atomic E-state index is 13.5. The van der Waals surface area contributed by atoms with Gasteiger partial charge < -0.3 is 4.74 Å². The van der Waals surface area contributed by atoms with Crippen LogP contribution in [0.5, 0.6) is 5.75 Å². The van der Waals surface area contributed by atoms with E-state index in [1.54, 1.807) is 6.07 Å². The summed E-state index contributed by atoms with van der Waals surface area (Å²) in [6.07, 6.45) is 0. The first-order valence-electron chi connectivity index (χ1n) is 3.66. The number of methoxy groups -OCH3 is 1. The molecule has 0 N–H and O–H groups in total. The van der Waals surface area contributed by atoms with E-state index in [9.17, 15) is 4.39 Å². The molecule has 13 heavy (non-hydrogen) atoms. The summed E-state index contributed by atoms with van der Waals surface area (Å²) in [5.74, 6) is -0.0204. The second-order valence-electron chi connectivity index (χ2n) is 2.58. The Hall–Kier alpha value is -0.740. The SMILES string of the molecule is COc1ccc2c(S)csc2c1F. The quantitative estimate of drug-likeness (QED) is 0.716. The second-order valence-corrected chi connectivity index (χ2v) is 3.94. The van der Waals surface area contributed by atoms with E-state index < -0.39 is 0 Å². The van der Waals surface area contributed by atoms with E-state index in [0.29, 0.717) is 4.70 Å². The van der Waals surface area contributed by atoms with E-state index >= 15 is 0 Å². The van der Waals surface area contributed by atoms with Crippen LogP contribution in [0.15, 0.2) is 22.4 Å². The van der Waals surface area contributed by atoms with Crippen molar-refractivity contribution in [3.05, 3.63) is 23.3 Å². The van der Waals surface area contributed by atoms with Crippen LogP contribution in [-0.2, 0) is 0 Å². The third kappa shape index (κ3) is 1.30. The van der Waals surface area contributed by atoms with Gasteiger partial charge in [-0.05, 0) is 12.1 Å². The Morgan fingerprint density at radius 2 is 2.23 bits per heavy atom. The van der Waals surface area contributed by atoms with Crippen LogP contribution in [0, 0.1) is 5.82 Å². The summed E-state index contributed by atoms with van der Waals surface area (Å²) >= 11 is 5.55. The van der Waals surface area contributed by atoms with Crippen LogP contribution < -0.4 is 4.74 Å². The normalized spacial score (nSPS) is 10.7. The van der Waals surface area contributed by atoms with Crippen molar-refractivity contribution in [1.29, 1.82) is 0 Å². The minimum Gasteiger partial charge on any atom is -0.494 e. The molecule has 1 nitrogen and oxygen atoms in total. The molecule has 0 bridgehead atoms. The smallest absolute Gasteiger partial charge is 0.182 e. The molecule has 2 aromatic rings. The van der Waals surface area contributed by atoms with Crippen LogP contribution in [0.3, 0.4) is 0 Å². The van der Waals surface area contributed by atoms with Gasteiger partial charge in [-0.3, -0.25) is 0 Å². The zero-order chi connectivity index (χ0) is 9.42. The predicted molar refractivity (Wildman–Crippen MR) is 55.6 cm³/mol. The van der Waals surface area contributed by atoms with Gasteiger partial charge in [-0.2, -0.15) is 0 Å². The minimum atomic E-state index is -0.301. The highest BCUT2D eigenvalue weighted by atomic mass is 32.1. The molecule has 0 saturated carbocycles. The molecule has 0 aliphatic carbocycles. The van der Waals surface area contributed by atoms with E-state index in [4.69, 9.17) is 4.74 Å². The van der Waals surface area contributed by atoms with Crippen LogP contribution >= 0.6 is 24.0 Å². The zero-order valence-corrected chi connectivity index (χ0v) is 8.58. The monoisotopic (exact) mass is 214 g/mol. The number of fused-ring (bicyclic) bond motifs is 1. The molecule has 0 unspecified atom stereocenters. The van der Waals surface area contributed by atoms with Crippen LogP contribution in [0.1, 0.15) is 0 Å². The molecule has 1 heterocycles. The Balaban J connectivity index is 2.80. The predicted octanol–water partition coefficient (Wildman–Crippen LogP) is 3.34. The van der Waals surface area contributed by atoms with Crippen molar-refractivity contribution in [2.45, 2.75) is 4.90 Å². The molecule has 0 saturated heterocycles. The fraction of sp³-hybridized carbons (Fsp3) is 0.111. The second kappa shape index (κ2) is 3.20. The van der Waals surface area contributed by atoms with Gasteiger partial charge in [-0.15, -0.1) is 24.0 Å². The molecule has 0 fully saturated rings. The van der Waals surface area contributed by atoms with Gasteiger partial charge in [-0.25, -0.2) is 4.39 Å².